The zero-order valence-electron chi connectivity index (χ0n) is 17.5. The third-order valence-corrected chi connectivity index (χ3v) is 6.96. The van der Waals surface area contributed by atoms with Gasteiger partial charge in [0.1, 0.15) is 0 Å². The normalized spacial score (nSPS) is 22.1. The average molecular weight is 420 g/mol. The van der Waals surface area contributed by atoms with E-state index in [2.05, 4.69) is 28.4 Å². The van der Waals surface area contributed by atoms with Gasteiger partial charge >= 0.3 is 0 Å². The molecule has 0 amide bonds. The lowest BCUT2D eigenvalue weighted by atomic mass is 9.71. The molecule has 7 nitrogen and oxygen atoms in total. The number of ether oxygens (including phenoxy) is 1. The Morgan fingerprint density at radius 3 is 2.66 bits per heavy atom. The van der Waals surface area contributed by atoms with E-state index in [1.807, 2.05) is 18.3 Å². The standard InChI is InChI=1S/C21H29N3O4S/c1-21(2)9-7-14(8-10-21)18(28-29(4,25)26)11-16-20-15(5-6-19(23-20)27-3)17-12-22-13-24(16)17/h5-6,12-14,16,18H,7-11H2,1-4H3. The molecule has 2 unspecified atom stereocenters. The lowest BCUT2D eigenvalue weighted by Crippen LogP contribution is -2.34. The van der Waals surface area contributed by atoms with E-state index < -0.39 is 10.1 Å². The molecular formula is C21H29N3O4S. The minimum absolute atomic E-state index is 0.126. The summed E-state index contributed by atoms with van der Waals surface area (Å²) in [6, 6.07) is 3.70. The fourth-order valence-electron chi connectivity index (χ4n) is 4.71. The van der Waals surface area contributed by atoms with E-state index in [4.69, 9.17) is 8.92 Å². The van der Waals surface area contributed by atoms with Crippen LogP contribution in [0.5, 0.6) is 5.88 Å². The highest BCUT2D eigenvalue weighted by atomic mass is 32.2. The number of fused-ring (bicyclic) bond motifs is 3. The molecule has 0 spiro atoms. The maximum absolute atomic E-state index is 12.1. The summed E-state index contributed by atoms with van der Waals surface area (Å²) in [6.07, 6.45) is 8.98. The quantitative estimate of drug-likeness (QED) is 0.662. The summed E-state index contributed by atoms with van der Waals surface area (Å²) in [6.45, 7) is 4.55. The number of rotatable bonds is 6. The molecule has 2 atom stereocenters. The van der Waals surface area contributed by atoms with Crippen LogP contribution in [0.4, 0.5) is 0 Å². The van der Waals surface area contributed by atoms with Crippen molar-refractivity contribution in [1.82, 2.24) is 14.5 Å². The Bertz CT molecular complexity index is 989. The van der Waals surface area contributed by atoms with Crippen molar-refractivity contribution in [2.45, 2.75) is 58.1 Å². The van der Waals surface area contributed by atoms with Crippen LogP contribution in [0.2, 0.25) is 0 Å². The van der Waals surface area contributed by atoms with E-state index in [0.29, 0.717) is 17.7 Å². The molecule has 2 aromatic rings. The molecule has 0 aromatic carbocycles. The molecular weight excluding hydrogens is 390 g/mol. The summed E-state index contributed by atoms with van der Waals surface area (Å²) in [5.74, 6) is 0.756. The van der Waals surface area contributed by atoms with E-state index in [1.54, 1.807) is 13.4 Å². The fraction of sp³-hybridized carbons (Fsp3) is 0.619. The van der Waals surface area contributed by atoms with Crippen molar-refractivity contribution >= 4 is 10.1 Å². The van der Waals surface area contributed by atoms with Crippen LogP contribution in [0, 0.1) is 11.3 Å². The van der Waals surface area contributed by atoms with Crippen LogP contribution in [0.25, 0.3) is 11.3 Å². The molecule has 4 rings (SSSR count). The second-order valence-corrected chi connectivity index (χ2v) is 10.7. The first-order valence-electron chi connectivity index (χ1n) is 10.1. The third-order valence-electron chi connectivity index (χ3n) is 6.37. The molecule has 1 fully saturated rings. The Hall–Kier alpha value is -1.93. The van der Waals surface area contributed by atoms with Gasteiger partial charge in [0.25, 0.3) is 10.1 Å². The van der Waals surface area contributed by atoms with E-state index >= 15 is 0 Å². The predicted molar refractivity (Wildman–Crippen MR) is 110 cm³/mol. The van der Waals surface area contributed by atoms with Crippen molar-refractivity contribution in [3.8, 4) is 17.1 Å². The second kappa shape index (κ2) is 7.40. The summed E-state index contributed by atoms with van der Waals surface area (Å²) < 4.78 is 37.1. The predicted octanol–water partition coefficient (Wildman–Crippen LogP) is 3.81. The summed E-state index contributed by atoms with van der Waals surface area (Å²) in [5.41, 5.74) is 3.19. The van der Waals surface area contributed by atoms with Gasteiger partial charge in [-0.3, -0.25) is 4.18 Å². The van der Waals surface area contributed by atoms with Crippen LogP contribution >= 0.6 is 0 Å². The summed E-state index contributed by atoms with van der Waals surface area (Å²) in [7, 11) is -1.97. The molecule has 0 bridgehead atoms. The van der Waals surface area contributed by atoms with Gasteiger partial charge < -0.3 is 9.30 Å². The van der Waals surface area contributed by atoms with Gasteiger partial charge in [0.2, 0.25) is 5.88 Å². The molecule has 158 valence electrons. The molecule has 2 aromatic heterocycles. The smallest absolute Gasteiger partial charge is 0.264 e. The van der Waals surface area contributed by atoms with Crippen LogP contribution in [-0.2, 0) is 14.3 Å². The van der Waals surface area contributed by atoms with E-state index in [0.717, 1.165) is 48.9 Å². The Morgan fingerprint density at radius 1 is 1.28 bits per heavy atom. The number of nitrogens with zero attached hydrogens (tertiary/aromatic N) is 3. The fourth-order valence-corrected chi connectivity index (χ4v) is 5.39. The van der Waals surface area contributed by atoms with Crippen molar-refractivity contribution in [3.05, 3.63) is 30.4 Å². The van der Waals surface area contributed by atoms with Gasteiger partial charge in [0, 0.05) is 18.1 Å². The maximum atomic E-state index is 12.1. The van der Waals surface area contributed by atoms with Gasteiger partial charge in [0.05, 0.1) is 49.4 Å². The van der Waals surface area contributed by atoms with E-state index in [9.17, 15) is 8.42 Å². The van der Waals surface area contributed by atoms with Crippen molar-refractivity contribution in [2.75, 3.05) is 13.4 Å². The molecule has 0 radical (unpaired) electrons. The second-order valence-electron chi connectivity index (χ2n) is 9.06. The van der Waals surface area contributed by atoms with Gasteiger partial charge in [-0.15, -0.1) is 0 Å². The largest absolute Gasteiger partial charge is 0.481 e. The molecule has 2 aliphatic rings. The van der Waals surface area contributed by atoms with Crippen LogP contribution in [-0.4, -0.2) is 42.4 Å². The highest BCUT2D eigenvalue weighted by Crippen LogP contribution is 2.45. The van der Waals surface area contributed by atoms with Gasteiger partial charge in [0.15, 0.2) is 0 Å². The average Bonchev–Trinajstić information content (AvgIpc) is 3.22. The van der Waals surface area contributed by atoms with Gasteiger partial charge in [-0.25, -0.2) is 9.97 Å². The monoisotopic (exact) mass is 419 g/mol. The maximum Gasteiger partial charge on any atom is 0.264 e. The Kier molecular flexibility index (Phi) is 5.19. The lowest BCUT2D eigenvalue weighted by molar-refractivity contribution is 0.0677. The van der Waals surface area contributed by atoms with Gasteiger partial charge in [-0.2, -0.15) is 8.42 Å². The molecule has 8 heteroatoms. The number of hydrogen-bond donors (Lipinski definition) is 0. The first-order valence-corrected chi connectivity index (χ1v) is 11.9. The Morgan fingerprint density at radius 2 is 2.00 bits per heavy atom. The number of aromatic nitrogens is 3. The highest BCUT2D eigenvalue weighted by molar-refractivity contribution is 7.86. The lowest BCUT2D eigenvalue weighted by Gasteiger charge is -2.38. The molecule has 3 heterocycles. The zero-order chi connectivity index (χ0) is 20.8. The van der Waals surface area contributed by atoms with Gasteiger partial charge in [-0.05, 0) is 43.1 Å². The molecule has 1 aliphatic heterocycles. The first kappa shape index (κ1) is 20.3. The third kappa shape index (κ3) is 4.19. The van der Waals surface area contributed by atoms with E-state index in [1.165, 1.54) is 0 Å². The van der Waals surface area contributed by atoms with Crippen molar-refractivity contribution in [1.29, 1.82) is 0 Å². The molecule has 1 aliphatic carbocycles. The molecule has 0 N–H and O–H groups in total. The Labute approximate surface area is 172 Å². The summed E-state index contributed by atoms with van der Waals surface area (Å²) in [4.78, 5) is 8.98. The summed E-state index contributed by atoms with van der Waals surface area (Å²) in [5, 5.41) is 0. The van der Waals surface area contributed by atoms with Gasteiger partial charge in [-0.1, -0.05) is 13.8 Å². The van der Waals surface area contributed by atoms with Crippen LogP contribution < -0.4 is 4.74 Å². The van der Waals surface area contributed by atoms with Crippen LogP contribution in [0.1, 0.15) is 57.7 Å². The molecule has 29 heavy (non-hydrogen) atoms. The Balaban J connectivity index is 1.66. The number of pyridine rings is 1. The van der Waals surface area contributed by atoms with E-state index in [-0.39, 0.29) is 18.1 Å². The van der Waals surface area contributed by atoms with Crippen LogP contribution in [0.15, 0.2) is 24.7 Å². The minimum Gasteiger partial charge on any atom is -0.481 e. The minimum atomic E-state index is -3.57. The van der Waals surface area contributed by atoms with Crippen molar-refractivity contribution in [3.63, 3.8) is 0 Å². The topological polar surface area (TPSA) is 83.3 Å². The highest BCUT2D eigenvalue weighted by Gasteiger charge is 2.38. The van der Waals surface area contributed by atoms with Crippen LogP contribution in [0.3, 0.4) is 0 Å². The van der Waals surface area contributed by atoms with Crippen molar-refractivity contribution in [2.24, 2.45) is 11.3 Å². The van der Waals surface area contributed by atoms with Crippen molar-refractivity contribution < 1.29 is 17.3 Å². The number of methoxy groups -OCH3 is 1. The molecule has 1 saturated carbocycles. The first-order chi connectivity index (χ1) is 13.7. The molecule has 0 saturated heterocycles. The summed E-state index contributed by atoms with van der Waals surface area (Å²) >= 11 is 0. The number of hydrogen-bond acceptors (Lipinski definition) is 6. The number of imidazole rings is 1. The SMILES string of the molecule is COc1ccc2c(n1)C(CC(OS(C)(=O)=O)C1CCC(C)(C)CC1)n1cncc1-2. The zero-order valence-corrected chi connectivity index (χ0v) is 18.3.